The molecule has 0 saturated heterocycles. The standard InChI is InChI=1S/C12H17NO4/c1-8(2)17-12(16)13-10(11(14)15)9-6-4-3-5-7-9/h3-6,8-10H,7H2,1-2H3,(H,13,16)(H,14,15)/t9?,10-/m1/s1. The summed E-state index contributed by atoms with van der Waals surface area (Å²) in [5.74, 6) is -1.30. The molecule has 0 bridgehead atoms. The molecule has 0 radical (unpaired) electrons. The molecule has 1 amide bonds. The SMILES string of the molecule is CC(C)OC(=O)N[C@@H](C(=O)O)C1C=CC=CC1. The van der Waals surface area contributed by atoms with E-state index < -0.39 is 18.1 Å². The molecular formula is C12H17NO4. The van der Waals surface area contributed by atoms with Crippen molar-refractivity contribution < 1.29 is 19.4 Å². The van der Waals surface area contributed by atoms with Crippen LogP contribution in [0.1, 0.15) is 20.3 Å². The summed E-state index contributed by atoms with van der Waals surface area (Å²) in [6.07, 6.45) is 6.89. The highest BCUT2D eigenvalue weighted by Crippen LogP contribution is 2.16. The van der Waals surface area contributed by atoms with Gasteiger partial charge >= 0.3 is 12.1 Å². The van der Waals surface area contributed by atoms with E-state index in [2.05, 4.69) is 5.32 Å². The number of hydrogen-bond acceptors (Lipinski definition) is 3. The lowest BCUT2D eigenvalue weighted by atomic mass is 9.93. The second kappa shape index (κ2) is 6.08. The zero-order valence-electron chi connectivity index (χ0n) is 9.92. The van der Waals surface area contributed by atoms with E-state index in [1.54, 1.807) is 26.0 Å². The number of rotatable bonds is 4. The lowest BCUT2D eigenvalue weighted by molar-refractivity contribution is -0.140. The summed E-state index contributed by atoms with van der Waals surface area (Å²) in [6.45, 7) is 3.41. The van der Waals surface area contributed by atoms with Crippen LogP contribution in [0, 0.1) is 5.92 Å². The van der Waals surface area contributed by atoms with Crippen LogP contribution in [-0.4, -0.2) is 29.3 Å². The van der Waals surface area contributed by atoms with Crippen molar-refractivity contribution in [3.8, 4) is 0 Å². The number of allylic oxidation sites excluding steroid dienone is 3. The third kappa shape index (κ3) is 4.30. The minimum absolute atomic E-state index is 0.239. The van der Waals surface area contributed by atoms with Gasteiger partial charge in [0.1, 0.15) is 6.04 Å². The van der Waals surface area contributed by atoms with E-state index in [1.165, 1.54) is 0 Å². The predicted molar refractivity (Wildman–Crippen MR) is 62.6 cm³/mol. The van der Waals surface area contributed by atoms with Gasteiger partial charge in [-0.2, -0.15) is 0 Å². The lowest BCUT2D eigenvalue weighted by Gasteiger charge is -2.22. The van der Waals surface area contributed by atoms with Crippen LogP contribution in [0.15, 0.2) is 24.3 Å². The first-order valence-corrected chi connectivity index (χ1v) is 5.54. The van der Waals surface area contributed by atoms with Crippen LogP contribution in [0.25, 0.3) is 0 Å². The maximum atomic E-state index is 11.4. The molecule has 5 nitrogen and oxygen atoms in total. The summed E-state index contributed by atoms with van der Waals surface area (Å²) in [7, 11) is 0. The molecule has 5 heteroatoms. The van der Waals surface area contributed by atoms with Gasteiger partial charge < -0.3 is 15.2 Å². The predicted octanol–water partition coefficient (Wildman–Crippen LogP) is 1.71. The van der Waals surface area contributed by atoms with Crippen LogP contribution in [0.2, 0.25) is 0 Å². The molecule has 0 aromatic carbocycles. The second-order valence-corrected chi connectivity index (χ2v) is 4.13. The maximum absolute atomic E-state index is 11.4. The Balaban J connectivity index is 2.60. The van der Waals surface area contributed by atoms with Gasteiger partial charge in [-0.3, -0.25) is 0 Å². The Hall–Kier alpha value is -1.78. The van der Waals surface area contributed by atoms with Crippen LogP contribution in [0.4, 0.5) is 4.79 Å². The van der Waals surface area contributed by atoms with Crippen molar-refractivity contribution in [2.75, 3.05) is 0 Å². The smallest absolute Gasteiger partial charge is 0.408 e. The number of amides is 1. The monoisotopic (exact) mass is 239 g/mol. The molecular weight excluding hydrogens is 222 g/mol. The Bertz CT molecular complexity index is 346. The molecule has 0 aromatic heterocycles. The van der Waals surface area contributed by atoms with Crippen molar-refractivity contribution in [2.24, 2.45) is 5.92 Å². The van der Waals surface area contributed by atoms with Crippen LogP contribution >= 0.6 is 0 Å². The van der Waals surface area contributed by atoms with Crippen molar-refractivity contribution in [3.63, 3.8) is 0 Å². The van der Waals surface area contributed by atoms with Crippen molar-refractivity contribution in [3.05, 3.63) is 24.3 Å². The highest BCUT2D eigenvalue weighted by atomic mass is 16.6. The van der Waals surface area contributed by atoms with E-state index in [9.17, 15) is 9.59 Å². The van der Waals surface area contributed by atoms with Crippen molar-refractivity contribution in [1.29, 1.82) is 0 Å². The Morgan fingerprint density at radius 1 is 1.41 bits per heavy atom. The quantitative estimate of drug-likeness (QED) is 0.783. The third-order valence-electron chi connectivity index (χ3n) is 2.32. The molecule has 0 saturated carbocycles. The highest BCUT2D eigenvalue weighted by molar-refractivity contribution is 5.80. The van der Waals surface area contributed by atoms with E-state index in [0.717, 1.165) is 0 Å². The fourth-order valence-electron chi connectivity index (χ4n) is 1.57. The molecule has 17 heavy (non-hydrogen) atoms. The van der Waals surface area contributed by atoms with Gasteiger partial charge in [0.15, 0.2) is 0 Å². The van der Waals surface area contributed by atoms with Gasteiger partial charge in [0.2, 0.25) is 0 Å². The first kappa shape index (κ1) is 13.3. The zero-order chi connectivity index (χ0) is 12.8. The maximum Gasteiger partial charge on any atom is 0.408 e. The largest absolute Gasteiger partial charge is 0.480 e. The number of nitrogens with one attached hydrogen (secondary N) is 1. The highest BCUT2D eigenvalue weighted by Gasteiger charge is 2.28. The fraction of sp³-hybridized carbons (Fsp3) is 0.500. The Morgan fingerprint density at radius 2 is 2.12 bits per heavy atom. The number of carbonyl (C=O) groups is 2. The molecule has 1 aliphatic carbocycles. The van der Waals surface area contributed by atoms with Gasteiger partial charge in [0, 0.05) is 5.92 Å². The van der Waals surface area contributed by atoms with Crippen LogP contribution in [0.3, 0.4) is 0 Å². The average molecular weight is 239 g/mol. The summed E-state index contributed by atoms with van der Waals surface area (Å²) in [5, 5.41) is 11.5. The average Bonchev–Trinajstić information content (AvgIpc) is 2.25. The molecule has 0 fully saturated rings. The summed E-state index contributed by atoms with van der Waals surface area (Å²) in [6, 6.07) is -0.956. The Labute approximate surface area is 100 Å². The minimum Gasteiger partial charge on any atom is -0.480 e. The number of aliphatic carboxylic acids is 1. The number of ether oxygens (including phenoxy) is 1. The molecule has 1 rings (SSSR count). The van der Waals surface area contributed by atoms with Crippen molar-refractivity contribution in [2.45, 2.75) is 32.4 Å². The zero-order valence-corrected chi connectivity index (χ0v) is 9.92. The molecule has 0 heterocycles. The molecule has 2 N–H and O–H groups in total. The van der Waals surface area contributed by atoms with Gasteiger partial charge in [-0.15, -0.1) is 0 Å². The van der Waals surface area contributed by atoms with E-state index >= 15 is 0 Å². The molecule has 1 unspecified atom stereocenters. The molecule has 0 aliphatic heterocycles. The van der Waals surface area contributed by atoms with Crippen molar-refractivity contribution >= 4 is 12.1 Å². The van der Waals surface area contributed by atoms with Crippen LogP contribution < -0.4 is 5.32 Å². The summed E-state index contributed by atoms with van der Waals surface area (Å²) >= 11 is 0. The van der Waals surface area contributed by atoms with E-state index in [4.69, 9.17) is 9.84 Å². The molecule has 1 aliphatic rings. The molecule has 2 atom stereocenters. The summed E-state index contributed by atoms with van der Waals surface area (Å²) in [5.41, 5.74) is 0. The summed E-state index contributed by atoms with van der Waals surface area (Å²) < 4.78 is 4.87. The van der Waals surface area contributed by atoms with E-state index in [1.807, 2.05) is 12.2 Å². The molecule has 94 valence electrons. The van der Waals surface area contributed by atoms with Gasteiger partial charge in [-0.25, -0.2) is 9.59 Å². The second-order valence-electron chi connectivity index (χ2n) is 4.13. The summed E-state index contributed by atoms with van der Waals surface area (Å²) in [4.78, 5) is 22.5. The van der Waals surface area contributed by atoms with E-state index in [-0.39, 0.29) is 12.0 Å². The van der Waals surface area contributed by atoms with E-state index in [0.29, 0.717) is 6.42 Å². The first-order valence-electron chi connectivity index (χ1n) is 5.54. The Kier molecular flexibility index (Phi) is 4.75. The number of alkyl carbamates (subject to hydrolysis) is 1. The van der Waals surface area contributed by atoms with Crippen LogP contribution in [-0.2, 0) is 9.53 Å². The number of carboxylic acids is 1. The molecule has 0 aromatic rings. The fourth-order valence-corrected chi connectivity index (χ4v) is 1.57. The van der Waals surface area contributed by atoms with Gasteiger partial charge in [0.05, 0.1) is 6.10 Å². The van der Waals surface area contributed by atoms with Gasteiger partial charge in [-0.05, 0) is 20.3 Å². The lowest BCUT2D eigenvalue weighted by Crippen LogP contribution is -2.46. The minimum atomic E-state index is -1.06. The topological polar surface area (TPSA) is 75.6 Å². The third-order valence-corrected chi connectivity index (χ3v) is 2.32. The van der Waals surface area contributed by atoms with Crippen molar-refractivity contribution in [1.82, 2.24) is 5.32 Å². The van der Waals surface area contributed by atoms with Crippen LogP contribution in [0.5, 0.6) is 0 Å². The number of carbonyl (C=O) groups excluding carboxylic acids is 1. The van der Waals surface area contributed by atoms with Gasteiger partial charge in [0.25, 0.3) is 0 Å². The van der Waals surface area contributed by atoms with Gasteiger partial charge in [-0.1, -0.05) is 24.3 Å². The Morgan fingerprint density at radius 3 is 2.59 bits per heavy atom. The molecule has 0 spiro atoms. The normalized spacial score (nSPS) is 20.1. The first-order chi connectivity index (χ1) is 8.00. The number of hydrogen-bond donors (Lipinski definition) is 2. The number of carboxylic acid groups (broad SMARTS) is 1.